The van der Waals surface area contributed by atoms with Crippen LogP contribution in [0.3, 0.4) is 0 Å². The zero-order valence-electron chi connectivity index (χ0n) is 19.1. The second-order valence-corrected chi connectivity index (χ2v) is 12.9. The molecule has 0 unspecified atom stereocenters. The van der Waals surface area contributed by atoms with Crippen molar-refractivity contribution in [2.75, 3.05) is 5.75 Å². The lowest BCUT2D eigenvalue weighted by molar-refractivity contribution is 0.385. The molecule has 0 bridgehead atoms. The molecule has 0 saturated carbocycles. The van der Waals surface area contributed by atoms with Crippen molar-refractivity contribution in [3.8, 4) is 0 Å². The van der Waals surface area contributed by atoms with E-state index in [1.807, 2.05) is 91.9 Å². The van der Waals surface area contributed by atoms with Gasteiger partial charge in [-0.3, -0.25) is 3.63 Å². The van der Waals surface area contributed by atoms with Crippen LogP contribution in [0.15, 0.2) is 99.6 Å². The standard InChI is InChI=1S/C27H34O3S2/c1-3-4-5-6-7-14-23-31(28,29)30-32(25-15-10-8-11-16-25,26-17-12-9-13-18-26)27-21-19-24(2)20-22-27/h8-13,15-22H,3-7,14,23H2,1-2H3/p+1. The van der Waals surface area contributed by atoms with Gasteiger partial charge in [-0.05, 0) is 49.7 Å². The van der Waals surface area contributed by atoms with Crippen LogP contribution in [0.5, 0.6) is 0 Å². The van der Waals surface area contributed by atoms with Crippen molar-refractivity contribution >= 4 is 20.4 Å². The topological polar surface area (TPSA) is 46.9 Å². The summed E-state index contributed by atoms with van der Waals surface area (Å²) in [7, 11) is -5.95. The predicted octanol–water partition coefficient (Wildman–Crippen LogP) is 7.98. The van der Waals surface area contributed by atoms with Gasteiger partial charge in [-0.15, -0.1) is 0 Å². The minimum absolute atomic E-state index is 0.0966. The summed E-state index contributed by atoms with van der Waals surface area (Å²) < 4.78 is 31.5. The van der Waals surface area contributed by atoms with Crippen molar-refractivity contribution in [2.24, 2.45) is 0 Å². The Morgan fingerprint density at radius 2 is 1.09 bits per heavy atom. The maximum atomic E-state index is 13.4. The first kappa shape index (κ1) is 24.6. The lowest BCUT2D eigenvalue weighted by atomic mass is 10.1. The zero-order chi connectivity index (χ0) is 22.9. The van der Waals surface area contributed by atoms with Crippen molar-refractivity contribution in [3.05, 3.63) is 90.5 Å². The molecule has 0 aliphatic heterocycles. The SMILES string of the molecule is CCCCCCCCS(=O)(=O)[OH+]S(c1ccccc1)(c1ccccc1)c1ccc(C)cc1. The molecule has 0 aromatic heterocycles. The number of rotatable bonds is 12. The molecule has 172 valence electrons. The highest BCUT2D eigenvalue weighted by Crippen LogP contribution is 2.68. The van der Waals surface area contributed by atoms with E-state index in [9.17, 15) is 8.42 Å². The summed E-state index contributed by atoms with van der Waals surface area (Å²) in [6.45, 7) is 4.22. The Morgan fingerprint density at radius 1 is 0.625 bits per heavy atom. The van der Waals surface area contributed by atoms with E-state index < -0.39 is 20.4 Å². The molecule has 3 nitrogen and oxygen atoms in total. The fraction of sp³-hybridized carbons (Fsp3) is 0.333. The van der Waals surface area contributed by atoms with Gasteiger partial charge >= 0.3 is 10.1 Å². The van der Waals surface area contributed by atoms with Crippen LogP contribution in [0.25, 0.3) is 0 Å². The molecule has 3 aromatic rings. The predicted molar refractivity (Wildman–Crippen MR) is 136 cm³/mol. The van der Waals surface area contributed by atoms with Crippen LogP contribution in [0, 0.1) is 6.92 Å². The van der Waals surface area contributed by atoms with E-state index in [0.717, 1.165) is 33.1 Å². The molecule has 0 spiro atoms. The van der Waals surface area contributed by atoms with Gasteiger partial charge in [0.25, 0.3) is 0 Å². The third kappa shape index (κ3) is 6.25. The Bertz CT molecular complexity index is 1010. The minimum atomic E-state index is -3.62. The van der Waals surface area contributed by atoms with E-state index in [1.54, 1.807) is 0 Å². The van der Waals surface area contributed by atoms with Gasteiger partial charge in [0, 0.05) is 0 Å². The molecule has 0 atom stereocenters. The van der Waals surface area contributed by atoms with Crippen LogP contribution in [0.1, 0.15) is 51.0 Å². The summed E-state index contributed by atoms with van der Waals surface area (Å²) in [4.78, 5) is 2.80. The quantitative estimate of drug-likeness (QED) is 0.153. The zero-order valence-corrected chi connectivity index (χ0v) is 20.7. The molecule has 1 N–H and O–H groups in total. The van der Waals surface area contributed by atoms with Gasteiger partial charge in [-0.2, -0.15) is 8.42 Å². The minimum Gasteiger partial charge on any atom is -0.262 e. The van der Waals surface area contributed by atoms with Crippen LogP contribution in [-0.4, -0.2) is 17.8 Å². The third-order valence-corrected chi connectivity index (χ3v) is 11.0. The highest BCUT2D eigenvalue weighted by molar-refractivity contribution is 8.32. The molecule has 0 aliphatic carbocycles. The number of benzene rings is 3. The largest absolute Gasteiger partial charge is 0.390 e. The Morgan fingerprint density at radius 3 is 1.62 bits per heavy atom. The van der Waals surface area contributed by atoms with Crippen LogP contribution in [0.2, 0.25) is 0 Å². The van der Waals surface area contributed by atoms with Crippen LogP contribution < -0.4 is 0 Å². The lowest BCUT2D eigenvalue weighted by Crippen LogP contribution is -2.21. The van der Waals surface area contributed by atoms with E-state index in [4.69, 9.17) is 3.63 Å². The maximum Gasteiger partial charge on any atom is 0.390 e. The molecule has 32 heavy (non-hydrogen) atoms. The van der Waals surface area contributed by atoms with E-state index in [2.05, 4.69) is 6.92 Å². The highest BCUT2D eigenvalue weighted by atomic mass is 32.3. The fourth-order valence-corrected chi connectivity index (χ4v) is 9.49. The summed E-state index contributed by atoms with van der Waals surface area (Å²) in [5.74, 6) is 0.0966. The van der Waals surface area contributed by atoms with Gasteiger partial charge in [0.1, 0.15) is 5.75 Å². The number of hydrogen-bond donors (Lipinski definition) is 0. The van der Waals surface area contributed by atoms with Gasteiger partial charge in [-0.1, -0.05) is 93.1 Å². The summed E-state index contributed by atoms with van der Waals surface area (Å²) in [5, 5.41) is 0. The van der Waals surface area contributed by atoms with Gasteiger partial charge in [0.05, 0.1) is 25.0 Å². The van der Waals surface area contributed by atoms with E-state index in [-0.39, 0.29) is 5.75 Å². The van der Waals surface area contributed by atoms with Gasteiger partial charge < -0.3 is 0 Å². The molecule has 5 heteroatoms. The average Bonchev–Trinajstić information content (AvgIpc) is 2.81. The molecular weight excluding hydrogens is 436 g/mol. The monoisotopic (exact) mass is 471 g/mol. The number of aryl methyl sites for hydroxylation is 1. The molecule has 0 amide bonds. The molecule has 0 aliphatic rings. The van der Waals surface area contributed by atoms with Crippen LogP contribution >= 0.6 is 10.3 Å². The number of hydrogen-bond acceptors (Lipinski definition) is 2. The van der Waals surface area contributed by atoms with Crippen molar-refractivity contribution < 1.29 is 12.0 Å². The fourth-order valence-electron chi connectivity index (χ4n) is 3.78. The molecule has 3 aromatic carbocycles. The summed E-state index contributed by atoms with van der Waals surface area (Å²) in [6.07, 6.45) is 6.22. The second-order valence-electron chi connectivity index (χ2n) is 8.15. The van der Waals surface area contributed by atoms with Gasteiger partial charge in [-0.25, -0.2) is 0 Å². The molecule has 3 rings (SSSR count). The normalized spacial score (nSPS) is 12.6. The van der Waals surface area contributed by atoms with Crippen LogP contribution in [0.4, 0.5) is 0 Å². The van der Waals surface area contributed by atoms with Crippen LogP contribution in [-0.2, 0) is 10.1 Å². The molecule has 0 fully saturated rings. The Balaban J connectivity index is 2.01. The van der Waals surface area contributed by atoms with Crippen molar-refractivity contribution in [1.82, 2.24) is 0 Å². The van der Waals surface area contributed by atoms with Gasteiger partial charge in [0.2, 0.25) is 0 Å². The average molecular weight is 472 g/mol. The number of unbranched alkanes of at least 4 members (excludes halogenated alkanes) is 5. The molecular formula is C27H35O3S2+. The maximum absolute atomic E-state index is 13.4. The third-order valence-electron chi connectivity index (χ3n) is 5.51. The van der Waals surface area contributed by atoms with E-state index in [1.165, 1.54) is 19.3 Å². The Kier molecular flexibility index (Phi) is 8.97. The molecule has 0 heterocycles. The second kappa shape index (κ2) is 11.7. The first-order valence-corrected chi connectivity index (χ1v) is 14.6. The van der Waals surface area contributed by atoms with E-state index >= 15 is 0 Å². The Labute approximate surface area is 195 Å². The first-order chi connectivity index (χ1) is 15.5. The smallest absolute Gasteiger partial charge is 0.262 e. The van der Waals surface area contributed by atoms with Gasteiger partial charge in [0.15, 0.2) is 0 Å². The van der Waals surface area contributed by atoms with Crippen molar-refractivity contribution in [2.45, 2.75) is 67.1 Å². The lowest BCUT2D eigenvalue weighted by Gasteiger charge is -2.34. The Hall–Kier alpha value is -2.08. The van der Waals surface area contributed by atoms with E-state index in [0.29, 0.717) is 6.42 Å². The summed E-state index contributed by atoms with van der Waals surface area (Å²) in [6, 6.07) is 27.9. The highest BCUT2D eigenvalue weighted by Gasteiger charge is 2.42. The first-order valence-electron chi connectivity index (χ1n) is 11.4. The van der Waals surface area contributed by atoms with Crippen molar-refractivity contribution in [1.29, 1.82) is 0 Å². The molecule has 0 radical (unpaired) electrons. The summed E-state index contributed by atoms with van der Waals surface area (Å²) in [5.41, 5.74) is 1.14. The van der Waals surface area contributed by atoms with Crippen molar-refractivity contribution in [3.63, 3.8) is 0 Å². The summed E-state index contributed by atoms with van der Waals surface area (Å²) >= 11 is 0. The molecule has 0 saturated heterocycles.